The fourth-order valence-electron chi connectivity index (χ4n) is 2.53. The molecule has 2 amide bonds. The van der Waals surface area contributed by atoms with Crippen molar-refractivity contribution in [3.8, 4) is 5.75 Å². The molecule has 1 N–H and O–H groups in total. The predicted molar refractivity (Wildman–Crippen MR) is 100 cm³/mol. The number of hydrogen-bond acceptors (Lipinski definition) is 4. The van der Waals surface area contributed by atoms with E-state index in [1.165, 1.54) is 0 Å². The molecule has 142 valence electrons. The molecule has 0 radical (unpaired) electrons. The predicted octanol–water partition coefficient (Wildman–Crippen LogP) is 2.51. The molecule has 0 saturated carbocycles. The second-order valence-electron chi connectivity index (χ2n) is 6.34. The van der Waals surface area contributed by atoms with Crippen LogP contribution in [0.4, 0.5) is 4.79 Å². The Kier molecular flexibility index (Phi) is 7.47. The summed E-state index contributed by atoms with van der Waals surface area (Å²) < 4.78 is 12.4. The van der Waals surface area contributed by atoms with Crippen LogP contribution >= 0.6 is 0 Å². The number of carbonyl (C=O) groups excluding carboxylic acids is 1. The van der Waals surface area contributed by atoms with Crippen molar-refractivity contribution in [3.05, 3.63) is 48.0 Å². The van der Waals surface area contributed by atoms with Crippen LogP contribution in [0.3, 0.4) is 0 Å². The molecule has 2 rings (SSSR count). The monoisotopic (exact) mass is 360 g/mol. The van der Waals surface area contributed by atoms with Gasteiger partial charge in [-0.2, -0.15) is 0 Å². The number of aromatic nitrogens is 2. The summed E-state index contributed by atoms with van der Waals surface area (Å²) in [6.07, 6.45) is 3.68. The number of nitrogens with zero attached hydrogens (tertiary/aromatic N) is 3. The summed E-state index contributed by atoms with van der Waals surface area (Å²) in [5.74, 6) is 1.66. The lowest BCUT2D eigenvalue weighted by atomic mass is 10.2. The first kappa shape index (κ1) is 19.8. The Morgan fingerprint density at radius 1 is 1.27 bits per heavy atom. The minimum Gasteiger partial charge on any atom is -0.497 e. The molecule has 0 fully saturated rings. The summed E-state index contributed by atoms with van der Waals surface area (Å²) in [6.45, 7) is 5.97. The number of imidazole rings is 1. The van der Waals surface area contributed by atoms with E-state index in [4.69, 9.17) is 9.47 Å². The molecule has 0 saturated heterocycles. The Balaban J connectivity index is 2.09. The third kappa shape index (κ3) is 5.77. The molecule has 1 aromatic heterocycles. The highest BCUT2D eigenvalue weighted by molar-refractivity contribution is 5.74. The molecule has 1 aromatic carbocycles. The number of ether oxygens (including phenoxy) is 2. The third-order valence-corrected chi connectivity index (χ3v) is 3.91. The zero-order valence-corrected chi connectivity index (χ0v) is 15.9. The maximum Gasteiger partial charge on any atom is 0.318 e. The second kappa shape index (κ2) is 9.82. The molecule has 2 aromatic rings. The lowest BCUT2D eigenvalue weighted by Crippen LogP contribution is -2.44. The quantitative estimate of drug-likeness (QED) is 0.746. The van der Waals surface area contributed by atoms with E-state index in [2.05, 4.69) is 10.3 Å². The first-order valence-corrected chi connectivity index (χ1v) is 8.70. The molecular formula is C19H28N4O3. The summed E-state index contributed by atoms with van der Waals surface area (Å²) >= 11 is 0. The van der Waals surface area contributed by atoms with Crippen LogP contribution in [-0.2, 0) is 17.8 Å². The highest BCUT2D eigenvalue weighted by Crippen LogP contribution is 2.14. The number of rotatable bonds is 9. The van der Waals surface area contributed by atoms with Gasteiger partial charge in [-0.1, -0.05) is 12.1 Å². The SMILES string of the molecule is COCCN(Cc1nccn1Cc1ccc(OC)cc1)C(=O)NC(C)C. The molecule has 0 atom stereocenters. The number of carbonyl (C=O) groups is 1. The van der Waals surface area contributed by atoms with E-state index >= 15 is 0 Å². The van der Waals surface area contributed by atoms with Gasteiger partial charge in [-0.05, 0) is 31.5 Å². The Morgan fingerprint density at radius 2 is 2.00 bits per heavy atom. The molecule has 7 nitrogen and oxygen atoms in total. The Morgan fingerprint density at radius 3 is 2.62 bits per heavy atom. The van der Waals surface area contributed by atoms with Gasteiger partial charge in [0.1, 0.15) is 11.6 Å². The van der Waals surface area contributed by atoms with Crippen LogP contribution in [0.2, 0.25) is 0 Å². The minimum atomic E-state index is -0.115. The number of amides is 2. The molecule has 26 heavy (non-hydrogen) atoms. The van der Waals surface area contributed by atoms with Crippen LogP contribution in [0.25, 0.3) is 0 Å². The van der Waals surface area contributed by atoms with Gasteiger partial charge < -0.3 is 24.3 Å². The number of methoxy groups -OCH3 is 2. The second-order valence-corrected chi connectivity index (χ2v) is 6.34. The van der Waals surface area contributed by atoms with Gasteiger partial charge in [-0.3, -0.25) is 0 Å². The van der Waals surface area contributed by atoms with Gasteiger partial charge in [0, 0.05) is 38.6 Å². The van der Waals surface area contributed by atoms with Crippen molar-refractivity contribution in [1.82, 2.24) is 19.8 Å². The average molecular weight is 360 g/mol. The van der Waals surface area contributed by atoms with Crippen molar-refractivity contribution in [1.29, 1.82) is 0 Å². The van der Waals surface area contributed by atoms with Gasteiger partial charge in [-0.25, -0.2) is 9.78 Å². The van der Waals surface area contributed by atoms with Crippen molar-refractivity contribution in [2.24, 2.45) is 0 Å². The van der Waals surface area contributed by atoms with E-state index in [0.29, 0.717) is 26.2 Å². The van der Waals surface area contributed by atoms with Crippen molar-refractivity contribution < 1.29 is 14.3 Å². The van der Waals surface area contributed by atoms with Crippen molar-refractivity contribution in [3.63, 3.8) is 0 Å². The molecule has 0 aliphatic rings. The molecular weight excluding hydrogens is 332 g/mol. The van der Waals surface area contributed by atoms with Crippen LogP contribution in [-0.4, -0.2) is 53.9 Å². The van der Waals surface area contributed by atoms with Crippen molar-refractivity contribution >= 4 is 6.03 Å². The van der Waals surface area contributed by atoms with Gasteiger partial charge in [0.25, 0.3) is 0 Å². The van der Waals surface area contributed by atoms with Gasteiger partial charge in [-0.15, -0.1) is 0 Å². The highest BCUT2D eigenvalue weighted by Gasteiger charge is 2.17. The normalized spacial score (nSPS) is 10.8. The van der Waals surface area contributed by atoms with E-state index in [1.807, 2.05) is 48.9 Å². The largest absolute Gasteiger partial charge is 0.497 e. The van der Waals surface area contributed by atoms with Crippen molar-refractivity contribution in [2.75, 3.05) is 27.4 Å². The molecule has 0 aliphatic heterocycles. The van der Waals surface area contributed by atoms with Gasteiger partial charge >= 0.3 is 6.03 Å². The third-order valence-electron chi connectivity index (χ3n) is 3.91. The van der Waals surface area contributed by atoms with Crippen LogP contribution in [0.1, 0.15) is 25.2 Å². The number of urea groups is 1. The van der Waals surface area contributed by atoms with E-state index in [9.17, 15) is 4.79 Å². The van der Waals surface area contributed by atoms with Gasteiger partial charge in [0.15, 0.2) is 0 Å². The minimum absolute atomic E-state index is 0.0755. The molecule has 0 spiro atoms. The molecule has 0 unspecified atom stereocenters. The highest BCUT2D eigenvalue weighted by atomic mass is 16.5. The Labute approximate surface area is 154 Å². The van der Waals surface area contributed by atoms with Crippen LogP contribution in [0.5, 0.6) is 5.75 Å². The van der Waals surface area contributed by atoms with Crippen molar-refractivity contribution in [2.45, 2.75) is 33.0 Å². The number of nitrogens with one attached hydrogen (secondary N) is 1. The van der Waals surface area contributed by atoms with E-state index < -0.39 is 0 Å². The zero-order valence-electron chi connectivity index (χ0n) is 15.9. The summed E-state index contributed by atoms with van der Waals surface area (Å²) in [4.78, 5) is 18.6. The average Bonchev–Trinajstić information content (AvgIpc) is 3.05. The van der Waals surface area contributed by atoms with E-state index in [0.717, 1.165) is 17.1 Å². The number of hydrogen-bond donors (Lipinski definition) is 1. The van der Waals surface area contributed by atoms with Gasteiger partial charge in [0.05, 0.1) is 20.3 Å². The Bertz CT molecular complexity index is 682. The van der Waals surface area contributed by atoms with Crippen LogP contribution in [0.15, 0.2) is 36.7 Å². The summed E-state index contributed by atoms with van der Waals surface area (Å²) in [7, 11) is 3.28. The summed E-state index contributed by atoms with van der Waals surface area (Å²) in [5, 5.41) is 2.93. The smallest absolute Gasteiger partial charge is 0.318 e. The first-order chi connectivity index (χ1) is 12.5. The van der Waals surface area contributed by atoms with Crippen LogP contribution in [0, 0.1) is 0 Å². The maximum absolute atomic E-state index is 12.4. The lowest BCUT2D eigenvalue weighted by Gasteiger charge is -2.24. The standard InChI is InChI=1S/C19H28N4O3/c1-15(2)21-19(24)23(11-12-25-3)14-18-20-9-10-22(18)13-16-5-7-17(26-4)8-6-16/h5-10,15H,11-14H2,1-4H3,(H,21,24). The fourth-order valence-corrected chi connectivity index (χ4v) is 2.53. The van der Waals surface area contributed by atoms with E-state index in [-0.39, 0.29) is 12.1 Å². The molecule has 0 aliphatic carbocycles. The zero-order chi connectivity index (χ0) is 18.9. The fraction of sp³-hybridized carbons (Fsp3) is 0.474. The Hall–Kier alpha value is -2.54. The topological polar surface area (TPSA) is 68.6 Å². The molecule has 1 heterocycles. The lowest BCUT2D eigenvalue weighted by molar-refractivity contribution is 0.143. The first-order valence-electron chi connectivity index (χ1n) is 8.70. The summed E-state index contributed by atoms with van der Waals surface area (Å²) in [6, 6.07) is 7.88. The number of benzene rings is 1. The summed E-state index contributed by atoms with van der Waals surface area (Å²) in [5.41, 5.74) is 1.14. The molecule has 0 bridgehead atoms. The maximum atomic E-state index is 12.4. The van der Waals surface area contributed by atoms with Gasteiger partial charge in [0.2, 0.25) is 0 Å². The van der Waals surface area contributed by atoms with Crippen LogP contribution < -0.4 is 10.1 Å². The molecule has 7 heteroatoms. The van der Waals surface area contributed by atoms with E-state index in [1.54, 1.807) is 25.3 Å².